The first-order chi connectivity index (χ1) is 10.0. The molecule has 2 aromatic rings. The Morgan fingerprint density at radius 2 is 2.05 bits per heavy atom. The van der Waals surface area contributed by atoms with Crippen LogP contribution in [0.3, 0.4) is 0 Å². The molecule has 0 unspecified atom stereocenters. The van der Waals surface area contributed by atoms with Crippen LogP contribution < -0.4 is 4.72 Å². The Bertz CT molecular complexity index is 742. The van der Waals surface area contributed by atoms with E-state index in [1.54, 1.807) is 23.0 Å². The average Bonchev–Trinajstić information content (AvgIpc) is 2.85. The van der Waals surface area contributed by atoms with E-state index >= 15 is 0 Å². The molecule has 1 heterocycles. The van der Waals surface area contributed by atoms with E-state index in [4.69, 9.17) is 5.26 Å². The van der Waals surface area contributed by atoms with Crippen molar-refractivity contribution in [3.05, 3.63) is 47.8 Å². The summed E-state index contributed by atoms with van der Waals surface area (Å²) in [4.78, 5) is 0.195. The van der Waals surface area contributed by atoms with E-state index in [0.29, 0.717) is 6.54 Å². The second-order valence-corrected chi connectivity index (χ2v) is 6.42. The number of sulfonamides is 1. The summed E-state index contributed by atoms with van der Waals surface area (Å²) in [5.74, 6) is 0. The summed E-state index contributed by atoms with van der Waals surface area (Å²) in [5, 5.41) is 12.7. The lowest BCUT2D eigenvalue weighted by atomic mass is 10.2. The van der Waals surface area contributed by atoms with Crippen molar-refractivity contribution in [2.45, 2.75) is 24.8 Å². The van der Waals surface area contributed by atoms with Gasteiger partial charge in [0, 0.05) is 12.7 Å². The number of nitrogens with zero attached hydrogens (tertiary/aromatic N) is 3. The number of hydrogen-bond donors (Lipinski definition) is 1. The Balaban J connectivity index is 1.96. The van der Waals surface area contributed by atoms with Crippen LogP contribution in [-0.4, -0.2) is 24.7 Å². The normalized spacial score (nSPS) is 11.2. The quantitative estimate of drug-likeness (QED) is 0.869. The van der Waals surface area contributed by atoms with Crippen molar-refractivity contribution in [3.63, 3.8) is 0 Å². The van der Waals surface area contributed by atoms with E-state index in [1.807, 2.05) is 19.2 Å². The largest absolute Gasteiger partial charge is 0.271 e. The minimum Gasteiger partial charge on any atom is -0.271 e. The van der Waals surface area contributed by atoms with Crippen LogP contribution in [-0.2, 0) is 23.0 Å². The first kappa shape index (κ1) is 15.2. The van der Waals surface area contributed by atoms with Crippen LogP contribution >= 0.6 is 0 Å². The van der Waals surface area contributed by atoms with E-state index in [2.05, 4.69) is 9.82 Å². The van der Waals surface area contributed by atoms with Crippen molar-refractivity contribution >= 4 is 10.0 Å². The lowest BCUT2D eigenvalue weighted by Gasteiger charge is -2.07. The molecule has 1 aromatic heterocycles. The molecule has 6 nitrogen and oxygen atoms in total. The summed E-state index contributed by atoms with van der Waals surface area (Å²) >= 11 is 0. The monoisotopic (exact) mass is 304 g/mol. The maximum absolute atomic E-state index is 12.1. The zero-order valence-electron chi connectivity index (χ0n) is 11.7. The SMILES string of the molecule is Cc1cnn(CCNS(=O)(=O)c2ccc(CC#N)cc2)c1. The molecule has 0 saturated heterocycles. The number of nitriles is 1. The maximum atomic E-state index is 12.1. The highest BCUT2D eigenvalue weighted by atomic mass is 32.2. The molecule has 0 radical (unpaired) electrons. The molecule has 0 aliphatic heterocycles. The third-order valence-electron chi connectivity index (χ3n) is 2.91. The van der Waals surface area contributed by atoms with Crippen molar-refractivity contribution in [1.82, 2.24) is 14.5 Å². The average molecular weight is 304 g/mol. The van der Waals surface area contributed by atoms with Crippen LogP contribution in [0.1, 0.15) is 11.1 Å². The Kier molecular flexibility index (Phi) is 4.73. The summed E-state index contributed by atoms with van der Waals surface area (Å²) < 4.78 is 28.4. The van der Waals surface area contributed by atoms with E-state index in [9.17, 15) is 8.42 Å². The van der Waals surface area contributed by atoms with Gasteiger partial charge >= 0.3 is 0 Å². The van der Waals surface area contributed by atoms with Crippen molar-refractivity contribution < 1.29 is 8.42 Å². The molecule has 0 bridgehead atoms. The first-order valence-corrected chi connectivity index (χ1v) is 7.94. The van der Waals surface area contributed by atoms with Gasteiger partial charge in [-0.3, -0.25) is 4.68 Å². The highest BCUT2D eigenvalue weighted by molar-refractivity contribution is 7.89. The van der Waals surface area contributed by atoms with Gasteiger partial charge in [0.05, 0.1) is 30.1 Å². The summed E-state index contributed by atoms with van der Waals surface area (Å²) in [6, 6.07) is 8.33. The molecule has 2 rings (SSSR count). The predicted molar refractivity (Wildman–Crippen MR) is 77.9 cm³/mol. The van der Waals surface area contributed by atoms with Crippen LogP contribution in [0.5, 0.6) is 0 Å². The zero-order chi connectivity index (χ0) is 15.3. The smallest absolute Gasteiger partial charge is 0.240 e. The van der Waals surface area contributed by atoms with E-state index in [-0.39, 0.29) is 17.9 Å². The van der Waals surface area contributed by atoms with Crippen LogP contribution in [0.15, 0.2) is 41.6 Å². The third-order valence-corrected chi connectivity index (χ3v) is 4.39. The van der Waals surface area contributed by atoms with Gasteiger partial charge in [-0.25, -0.2) is 13.1 Å². The Hall–Kier alpha value is -2.17. The predicted octanol–water partition coefficient (Wildman–Crippen LogP) is 1.24. The molecule has 110 valence electrons. The lowest BCUT2D eigenvalue weighted by molar-refractivity contribution is 0.561. The molecule has 1 aromatic carbocycles. The topological polar surface area (TPSA) is 87.8 Å². The van der Waals surface area contributed by atoms with E-state index in [0.717, 1.165) is 11.1 Å². The van der Waals surface area contributed by atoms with Gasteiger partial charge in [0.2, 0.25) is 10.0 Å². The Morgan fingerprint density at radius 1 is 1.33 bits per heavy atom. The number of benzene rings is 1. The minimum absolute atomic E-state index is 0.195. The van der Waals surface area contributed by atoms with Gasteiger partial charge in [-0.1, -0.05) is 12.1 Å². The molecular weight excluding hydrogens is 288 g/mol. The summed E-state index contributed by atoms with van der Waals surface area (Å²) in [7, 11) is -3.53. The second-order valence-electron chi connectivity index (χ2n) is 4.66. The summed E-state index contributed by atoms with van der Waals surface area (Å²) in [6.07, 6.45) is 3.85. The van der Waals surface area contributed by atoms with Crippen molar-refractivity contribution in [2.75, 3.05) is 6.54 Å². The molecule has 0 aliphatic rings. The fourth-order valence-corrected chi connectivity index (χ4v) is 2.87. The van der Waals surface area contributed by atoms with Crippen LogP contribution in [0.4, 0.5) is 0 Å². The number of nitrogens with one attached hydrogen (secondary N) is 1. The Morgan fingerprint density at radius 3 is 2.62 bits per heavy atom. The minimum atomic E-state index is -3.53. The molecule has 7 heteroatoms. The zero-order valence-corrected chi connectivity index (χ0v) is 12.5. The van der Waals surface area contributed by atoms with Gasteiger partial charge < -0.3 is 0 Å². The molecule has 0 spiro atoms. The molecular formula is C14H16N4O2S. The number of rotatable bonds is 6. The molecule has 1 N–H and O–H groups in total. The second kappa shape index (κ2) is 6.52. The van der Waals surface area contributed by atoms with Gasteiger partial charge in [0.1, 0.15) is 0 Å². The highest BCUT2D eigenvalue weighted by Crippen LogP contribution is 2.10. The van der Waals surface area contributed by atoms with Crippen LogP contribution in [0, 0.1) is 18.3 Å². The van der Waals surface area contributed by atoms with Gasteiger partial charge in [-0.2, -0.15) is 10.4 Å². The van der Waals surface area contributed by atoms with Crippen molar-refractivity contribution in [1.29, 1.82) is 5.26 Å². The fourth-order valence-electron chi connectivity index (χ4n) is 1.84. The number of hydrogen-bond acceptors (Lipinski definition) is 4. The van der Waals surface area contributed by atoms with Gasteiger partial charge in [-0.15, -0.1) is 0 Å². The third kappa shape index (κ3) is 4.15. The standard InChI is InChI=1S/C14H16N4O2S/c1-12-10-16-18(11-12)9-8-17-21(19,20)14-4-2-13(3-5-14)6-7-15/h2-5,10-11,17H,6,8-9H2,1H3. The van der Waals surface area contributed by atoms with Gasteiger partial charge in [-0.05, 0) is 30.2 Å². The molecule has 0 aliphatic carbocycles. The van der Waals surface area contributed by atoms with E-state index in [1.165, 1.54) is 12.1 Å². The summed E-state index contributed by atoms with van der Waals surface area (Å²) in [6.45, 7) is 2.67. The van der Waals surface area contributed by atoms with Crippen molar-refractivity contribution in [3.8, 4) is 6.07 Å². The molecule has 21 heavy (non-hydrogen) atoms. The Labute approximate surface area is 124 Å². The first-order valence-electron chi connectivity index (χ1n) is 6.46. The molecule has 0 amide bonds. The van der Waals surface area contributed by atoms with Gasteiger partial charge in [0.25, 0.3) is 0 Å². The van der Waals surface area contributed by atoms with Crippen LogP contribution in [0.25, 0.3) is 0 Å². The lowest BCUT2D eigenvalue weighted by Crippen LogP contribution is -2.27. The van der Waals surface area contributed by atoms with E-state index < -0.39 is 10.0 Å². The fraction of sp³-hybridized carbons (Fsp3) is 0.286. The number of aryl methyl sites for hydroxylation is 1. The molecule has 0 fully saturated rings. The summed E-state index contributed by atoms with van der Waals surface area (Å²) in [5.41, 5.74) is 1.83. The van der Waals surface area contributed by atoms with Gasteiger partial charge in [0.15, 0.2) is 0 Å². The molecule has 0 saturated carbocycles. The number of aromatic nitrogens is 2. The van der Waals surface area contributed by atoms with Crippen molar-refractivity contribution in [2.24, 2.45) is 0 Å². The molecule has 0 atom stereocenters. The van der Waals surface area contributed by atoms with Crippen LogP contribution in [0.2, 0.25) is 0 Å². The highest BCUT2D eigenvalue weighted by Gasteiger charge is 2.13. The maximum Gasteiger partial charge on any atom is 0.240 e.